The average molecular weight is 379 g/mol. The molecule has 15 heavy (non-hydrogen) atoms. The Balaban J connectivity index is 2.82. The highest BCUT2D eigenvalue weighted by atomic mass is 79.9. The Labute approximate surface area is 109 Å². The zero-order chi connectivity index (χ0) is 11.5. The Morgan fingerprint density at radius 2 is 2.20 bits per heavy atom. The van der Waals surface area contributed by atoms with Crippen LogP contribution in [0.5, 0.6) is 0 Å². The quantitative estimate of drug-likeness (QED) is 0.799. The molecule has 1 aromatic heterocycles. The summed E-state index contributed by atoms with van der Waals surface area (Å²) >= 11 is 7.75. The molecule has 8 heteroatoms. The van der Waals surface area contributed by atoms with Gasteiger partial charge in [0.05, 0.1) is 14.2 Å². The van der Waals surface area contributed by atoms with Gasteiger partial charge < -0.3 is 4.74 Å². The van der Waals surface area contributed by atoms with Crippen LogP contribution in [-0.2, 0) is 14.8 Å². The lowest BCUT2D eigenvalue weighted by Crippen LogP contribution is -2.27. The van der Waals surface area contributed by atoms with E-state index in [0.29, 0.717) is 10.4 Å². The third-order valence-corrected chi connectivity index (χ3v) is 5.73. The van der Waals surface area contributed by atoms with Crippen LogP contribution in [0, 0.1) is 0 Å². The minimum atomic E-state index is -3.44. The van der Waals surface area contributed by atoms with Crippen molar-refractivity contribution in [3.8, 4) is 0 Å². The van der Waals surface area contributed by atoms with Gasteiger partial charge in [-0.25, -0.2) is 13.1 Å². The zero-order valence-corrected chi connectivity index (χ0v) is 12.6. The van der Waals surface area contributed by atoms with E-state index < -0.39 is 10.0 Å². The van der Waals surface area contributed by atoms with Crippen LogP contribution < -0.4 is 4.72 Å². The summed E-state index contributed by atoms with van der Waals surface area (Å²) in [6.07, 6.45) is 0. The van der Waals surface area contributed by atoms with Crippen LogP contribution in [0.25, 0.3) is 0 Å². The van der Waals surface area contributed by atoms with E-state index in [1.165, 1.54) is 18.4 Å². The van der Waals surface area contributed by atoms with E-state index in [0.717, 1.165) is 3.79 Å². The summed E-state index contributed by atoms with van der Waals surface area (Å²) < 4.78 is 32.0. The van der Waals surface area contributed by atoms with E-state index in [2.05, 4.69) is 36.6 Å². The van der Waals surface area contributed by atoms with Crippen molar-refractivity contribution in [1.82, 2.24) is 4.72 Å². The molecule has 0 saturated heterocycles. The Hall–Kier alpha value is 0.530. The molecule has 0 bridgehead atoms. The fraction of sp³-hybridized carbons (Fsp3) is 0.429. The maximum absolute atomic E-state index is 11.7. The molecule has 1 heterocycles. The summed E-state index contributed by atoms with van der Waals surface area (Å²) in [5.41, 5.74) is 0. The molecule has 0 aromatic carbocycles. The van der Waals surface area contributed by atoms with Gasteiger partial charge in [-0.05, 0) is 37.9 Å². The predicted molar refractivity (Wildman–Crippen MR) is 66.8 cm³/mol. The van der Waals surface area contributed by atoms with Crippen molar-refractivity contribution >= 4 is 53.2 Å². The lowest BCUT2D eigenvalue weighted by atomic mass is 10.7. The van der Waals surface area contributed by atoms with Gasteiger partial charge in [0, 0.05) is 13.7 Å². The van der Waals surface area contributed by atoms with E-state index in [1.807, 2.05) is 0 Å². The van der Waals surface area contributed by atoms with Crippen molar-refractivity contribution in [2.75, 3.05) is 20.3 Å². The molecule has 0 unspecified atom stereocenters. The standard InChI is InChI=1S/C7H9Br2NO3S2/c1-13-3-2-10-15(11,12)5-4-6(8)14-7(5)9/h4,10H,2-3H2,1H3. The van der Waals surface area contributed by atoms with Crippen molar-refractivity contribution in [3.05, 3.63) is 13.6 Å². The first kappa shape index (κ1) is 13.6. The number of thiophene rings is 1. The van der Waals surface area contributed by atoms with Gasteiger partial charge in [0.15, 0.2) is 0 Å². The van der Waals surface area contributed by atoms with Crippen LogP contribution in [0.2, 0.25) is 0 Å². The number of halogens is 2. The SMILES string of the molecule is COCCNS(=O)(=O)c1cc(Br)sc1Br. The number of ether oxygens (including phenoxy) is 1. The van der Waals surface area contributed by atoms with Gasteiger partial charge in [-0.15, -0.1) is 11.3 Å². The maximum atomic E-state index is 11.7. The molecule has 0 spiro atoms. The van der Waals surface area contributed by atoms with Gasteiger partial charge in [-0.1, -0.05) is 0 Å². The highest BCUT2D eigenvalue weighted by Gasteiger charge is 2.19. The zero-order valence-electron chi connectivity index (χ0n) is 7.79. The molecule has 0 aliphatic heterocycles. The van der Waals surface area contributed by atoms with Crippen molar-refractivity contribution in [1.29, 1.82) is 0 Å². The minimum absolute atomic E-state index is 0.246. The molecule has 1 aromatic rings. The molecular formula is C7H9Br2NO3S2. The van der Waals surface area contributed by atoms with E-state index in [9.17, 15) is 8.42 Å². The van der Waals surface area contributed by atoms with E-state index in [4.69, 9.17) is 4.74 Å². The molecule has 0 radical (unpaired) electrons. The molecule has 0 aliphatic rings. The van der Waals surface area contributed by atoms with Crippen LogP contribution in [0.15, 0.2) is 18.5 Å². The summed E-state index contributed by atoms with van der Waals surface area (Å²) in [5.74, 6) is 0. The van der Waals surface area contributed by atoms with Crippen molar-refractivity contribution in [2.24, 2.45) is 0 Å². The van der Waals surface area contributed by atoms with Crippen LogP contribution in [0.3, 0.4) is 0 Å². The Morgan fingerprint density at radius 1 is 1.53 bits per heavy atom. The van der Waals surface area contributed by atoms with E-state index in [1.54, 1.807) is 6.07 Å². The first-order chi connectivity index (χ1) is 6.97. The number of methoxy groups -OCH3 is 1. The molecule has 0 fully saturated rings. The highest BCUT2D eigenvalue weighted by Crippen LogP contribution is 2.34. The van der Waals surface area contributed by atoms with Gasteiger partial charge in [0.25, 0.3) is 0 Å². The second kappa shape index (κ2) is 5.74. The predicted octanol–water partition coefficient (Wildman–Crippen LogP) is 2.20. The highest BCUT2D eigenvalue weighted by molar-refractivity contribution is 9.12. The smallest absolute Gasteiger partial charge is 0.242 e. The van der Waals surface area contributed by atoms with Crippen molar-refractivity contribution in [2.45, 2.75) is 4.90 Å². The Morgan fingerprint density at radius 3 is 2.67 bits per heavy atom. The first-order valence-corrected chi connectivity index (χ1v) is 7.79. The molecular weight excluding hydrogens is 370 g/mol. The molecule has 0 saturated carbocycles. The van der Waals surface area contributed by atoms with Crippen LogP contribution in [0.1, 0.15) is 0 Å². The number of hydrogen-bond donors (Lipinski definition) is 1. The Bertz CT molecular complexity index is 429. The number of sulfonamides is 1. The van der Waals surface area contributed by atoms with Crippen LogP contribution in [-0.4, -0.2) is 28.7 Å². The summed E-state index contributed by atoms with van der Waals surface area (Å²) in [7, 11) is -1.92. The van der Waals surface area contributed by atoms with Crippen molar-refractivity contribution < 1.29 is 13.2 Å². The van der Waals surface area contributed by atoms with Gasteiger partial charge in [-0.2, -0.15) is 0 Å². The normalized spacial score (nSPS) is 11.9. The topological polar surface area (TPSA) is 55.4 Å². The molecule has 0 amide bonds. The number of nitrogens with one attached hydrogen (secondary N) is 1. The Kier molecular flexibility index (Phi) is 5.20. The fourth-order valence-corrected chi connectivity index (χ4v) is 5.69. The average Bonchev–Trinajstić information content (AvgIpc) is 2.46. The lowest BCUT2D eigenvalue weighted by molar-refractivity contribution is 0.204. The monoisotopic (exact) mass is 377 g/mol. The molecule has 0 aliphatic carbocycles. The molecule has 86 valence electrons. The van der Waals surface area contributed by atoms with Gasteiger partial charge in [0.1, 0.15) is 4.90 Å². The summed E-state index contributed by atoms with van der Waals surface area (Å²) in [4.78, 5) is 0.246. The maximum Gasteiger partial charge on any atom is 0.242 e. The lowest BCUT2D eigenvalue weighted by Gasteiger charge is -2.04. The summed E-state index contributed by atoms with van der Waals surface area (Å²) in [5, 5.41) is 0. The third-order valence-electron chi connectivity index (χ3n) is 1.51. The molecule has 1 rings (SSSR count). The molecule has 0 atom stereocenters. The van der Waals surface area contributed by atoms with Gasteiger partial charge >= 0.3 is 0 Å². The van der Waals surface area contributed by atoms with Crippen LogP contribution >= 0.6 is 43.2 Å². The van der Waals surface area contributed by atoms with Crippen molar-refractivity contribution in [3.63, 3.8) is 0 Å². The van der Waals surface area contributed by atoms with Crippen LogP contribution in [0.4, 0.5) is 0 Å². The third kappa shape index (κ3) is 3.79. The van der Waals surface area contributed by atoms with Gasteiger partial charge in [-0.3, -0.25) is 0 Å². The number of rotatable bonds is 5. The summed E-state index contributed by atoms with van der Waals surface area (Å²) in [6, 6.07) is 1.56. The first-order valence-electron chi connectivity index (χ1n) is 3.91. The van der Waals surface area contributed by atoms with E-state index in [-0.39, 0.29) is 11.4 Å². The number of hydrogen-bond acceptors (Lipinski definition) is 4. The van der Waals surface area contributed by atoms with E-state index >= 15 is 0 Å². The second-order valence-electron chi connectivity index (χ2n) is 2.58. The summed E-state index contributed by atoms with van der Waals surface area (Å²) in [6.45, 7) is 0.612. The molecule has 1 N–H and O–H groups in total. The fourth-order valence-electron chi connectivity index (χ4n) is 0.864. The minimum Gasteiger partial charge on any atom is -0.383 e. The largest absolute Gasteiger partial charge is 0.383 e. The molecule has 4 nitrogen and oxygen atoms in total. The second-order valence-corrected chi connectivity index (χ2v) is 8.06. The van der Waals surface area contributed by atoms with Gasteiger partial charge in [0.2, 0.25) is 10.0 Å².